The monoisotopic (exact) mass is 310 g/mol. The minimum absolute atomic E-state index is 0.00947. The summed E-state index contributed by atoms with van der Waals surface area (Å²) in [6.07, 6.45) is 3.42. The van der Waals surface area contributed by atoms with E-state index in [2.05, 4.69) is 52.9 Å². The second-order valence-electron chi connectivity index (χ2n) is 6.30. The van der Waals surface area contributed by atoms with Crippen LogP contribution in [0.25, 0.3) is 0 Å². The molecule has 1 saturated heterocycles. The lowest BCUT2D eigenvalue weighted by Gasteiger charge is -2.29. The van der Waals surface area contributed by atoms with E-state index < -0.39 is 0 Å². The number of halogens is 1. The molecule has 1 N–H and O–H groups in total. The van der Waals surface area contributed by atoms with Gasteiger partial charge in [0.2, 0.25) is 0 Å². The third-order valence-electron chi connectivity index (χ3n) is 4.16. The molecule has 23 heavy (non-hydrogen) atoms. The first-order chi connectivity index (χ1) is 11.0. The van der Waals surface area contributed by atoms with Crippen molar-refractivity contribution >= 4 is 0 Å². The van der Waals surface area contributed by atoms with Gasteiger partial charge < -0.3 is 0 Å². The fourth-order valence-electron chi connectivity index (χ4n) is 2.48. The SMILES string of the molecule is CN1C(c2ncc(C#Cc3cccc(F)c3)cn2)NCC1(C)C. The van der Waals surface area contributed by atoms with Crippen LogP contribution < -0.4 is 5.32 Å². The van der Waals surface area contributed by atoms with Gasteiger partial charge in [0.25, 0.3) is 0 Å². The smallest absolute Gasteiger partial charge is 0.160 e. The van der Waals surface area contributed by atoms with E-state index in [1.807, 2.05) is 0 Å². The number of likely N-dealkylation sites (N-methyl/N-ethyl adjacent to an activating group) is 1. The second-order valence-corrected chi connectivity index (χ2v) is 6.30. The second kappa shape index (κ2) is 6.07. The van der Waals surface area contributed by atoms with Gasteiger partial charge in [-0.1, -0.05) is 17.9 Å². The highest BCUT2D eigenvalue weighted by molar-refractivity contribution is 5.41. The van der Waals surface area contributed by atoms with Crippen molar-refractivity contribution < 1.29 is 4.39 Å². The summed E-state index contributed by atoms with van der Waals surface area (Å²) in [6.45, 7) is 5.25. The molecule has 118 valence electrons. The van der Waals surface area contributed by atoms with E-state index >= 15 is 0 Å². The molecule has 3 rings (SSSR count). The topological polar surface area (TPSA) is 41.1 Å². The summed E-state index contributed by atoms with van der Waals surface area (Å²) >= 11 is 0. The molecule has 2 heterocycles. The van der Waals surface area contributed by atoms with Gasteiger partial charge in [-0.05, 0) is 39.1 Å². The number of rotatable bonds is 1. The first-order valence-electron chi connectivity index (χ1n) is 7.51. The van der Waals surface area contributed by atoms with Gasteiger partial charge in [0.05, 0.1) is 5.56 Å². The van der Waals surface area contributed by atoms with Crippen LogP contribution in [0.3, 0.4) is 0 Å². The Kier molecular flexibility index (Phi) is 4.12. The third-order valence-corrected chi connectivity index (χ3v) is 4.16. The van der Waals surface area contributed by atoms with Gasteiger partial charge in [-0.25, -0.2) is 14.4 Å². The Hall–Kier alpha value is -2.29. The molecule has 1 fully saturated rings. The van der Waals surface area contributed by atoms with Crippen LogP contribution in [0.1, 0.15) is 37.0 Å². The molecule has 0 amide bonds. The maximum Gasteiger partial charge on any atom is 0.160 e. The highest BCUT2D eigenvalue weighted by Crippen LogP contribution is 2.28. The maximum absolute atomic E-state index is 13.1. The number of nitrogens with one attached hydrogen (secondary N) is 1. The highest BCUT2D eigenvalue weighted by Gasteiger charge is 2.38. The highest BCUT2D eigenvalue weighted by atomic mass is 19.1. The summed E-state index contributed by atoms with van der Waals surface area (Å²) in [5.41, 5.74) is 1.41. The van der Waals surface area contributed by atoms with E-state index in [0.29, 0.717) is 11.1 Å². The lowest BCUT2D eigenvalue weighted by atomic mass is 10.1. The zero-order valence-corrected chi connectivity index (χ0v) is 13.5. The standard InChI is InChI=1S/C18H19FN4/c1-18(2)12-22-17(23(18)3)16-20-10-14(11-21-16)8-7-13-5-4-6-15(19)9-13/h4-6,9-11,17,22H,12H2,1-3H3. The summed E-state index contributed by atoms with van der Waals surface area (Å²) < 4.78 is 13.1. The van der Waals surface area contributed by atoms with Crippen LogP contribution in [-0.4, -0.2) is 34.0 Å². The molecule has 0 spiro atoms. The molecule has 4 nitrogen and oxygen atoms in total. The van der Waals surface area contributed by atoms with Crippen molar-refractivity contribution in [3.8, 4) is 11.8 Å². The van der Waals surface area contributed by atoms with Crippen molar-refractivity contribution in [1.29, 1.82) is 0 Å². The van der Waals surface area contributed by atoms with Crippen LogP contribution in [0.5, 0.6) is 0 Å². The van der Waals surface area contributed by atoms with E-state index in [-0.39, 0.29) is 17.5 Å². The van der Waals surface area contributed by atoms with Crippen LogP contribution in [0.15, 0.2) is 36.7 Å². The summed E-state index contributed by atoms with van der Waals surface area (Å²) in [4.78, 5) is 11.1. The van der Waals surface area contributed by atoms with Gasteiger partial charge in [-0.3, -0.25) is 10.2 Å². The van der Waals surface area contributed by atoms with E-state index in [1.54, 1.807) is 24.5 Å². The fourth-order valence-corrected chi connectivity index (χ4v) is 2.48. The Morgan fingerprint density at radius 2 is 1.91 bits per heavy atom. The molecule has 1 aliphatic rings. The van der Waals surface area contributed by atoms with Gasteiger partial charge in [0.15, 0.2) is 5.82 Å². The van der Waals surface area contributed by atoms with Crippen molar-refractivity contribution in [3.63, 3.8) is 0 Å². The van der Waals surface area contributed by atoms with E-state index in [4.69, 9.17) is 0 Å². The lowest BCUT2D eigenvalue weighted by Crippen LogP contribution is -2.38. The van der Waals surface area contributed by atoms with E-state index in [9.17, 15) is 4.39 Å². The van der Waals surface area contributed by atoms with Crippen LogP contribution in [0.2, 0.25) is 0 Å². The Balaban J connectivity index is 1.76. The summed E-state index contributed by atoms with van der Waals surface area (Å²) in [6, 6.07) is 6.21. The lowest BCUT2D eigenvalue weighted by molar-refractivity contribution is 0.167. The third kappa shape index (κ3) is 3.39. The van der Waals surface area contributed by atoms with Gasteiger partial charge in [0, 0.05) is 30.0 Å². The van der Waals surface area contributed by atoms with Gasteiger partial charge in [0.1, 0.15) is 12.0 Å². The quantitative estimate of drug-likeness (QED) is 0.821. The van der Waals surface area contributed by atoms with Crippen LogP contribution in [0.4, 0.5) is 4.39 Å². The molecule has 1 aromatic carbocycles. The Labute approximate surface area is 135 Å². The zero-order chi connectivity index (χ0) is 16.4. The maximum atomic E-state index is 13.1. The molecule has 0 aliphatic carbocycles. The van der Waals surface area contributed by atoms with Crippen LogP contribution >= 0.6 is 0 Å². The van der Waals surface area contributed by atoms with Gasteiger partial charge >= 0.3 is 0 Å². The van der Waals surface area contributed by atoms with E-state index in [1.165, 1.54) is 12.1 Å². The Morgan fingerprint density at radius 1 is 1.22 bits per heavy atom. The Bertz CT molecular complexity index is 759. The summed E-state index contributed by atoms with van der Waals surface area (Å²) in [7, 11) is 2.06. The fraction of sp³-hybridized carbons (Fsp3) is 0.333. The first kappa shape index (κ1) is 15.6. The summed E-state index contributed by atoms with van der Waals surface area (Å²) in [5, 5.41) is 3.42. The molecule has 1 aliphatic heterocycles. The number of nitrogens with zero attached hydrogens (tertiary/aromatic N) is 3. The number of aromatic nitrogens is 2. The number of benzene rings is 1. The van der Waals surface area contributed by atoms with Crippen molar-refractivity contribution in [2.45, 2.75) is 25.6 Å². The predicted octanol–water partition coefficient (Wildman–Crippen LogP) is 2.33. The average Bonchev–Trinajstić information content (AvgIpc) is 2.80. The van der Waals surface area contributed by atoms with Gasteiger partial charge in [-0.2, -0.15) is 0 Å². The normalized spacial score (nSPS) is 20.1. The minimum Gasteiger partial charge on any atom is -0.293 e. The molecule has 1 aromatic heterocycles. The average molecular weight is 310 g/mol. The van der Waals surface area contributed by atoms with Crippen molar-refractivity contribution in [2.75, 3.05) is 13.6 Å². The summed E-state index contributed by atoms with van der Waals surface area (Å²) in [5.74, 6) is 6.31. The number of hydrogen-bond acceptors (Lipinski definition) is 4. The minimum atomic E-state index is -0.290. The molecule has 0 saturated carbocycles. The van der Waals surface area contributed by atoms with Gasteiger partial charge in [-0.15, -0.1) is 0 Å². The van der Waals surface area contributed by atoms with Crippen LogP contribution in [-0.2, 0) is 0 Å². The molecule has 0 radical (unpaired) electrons. The molecular weight excluding hydrogens is 291 g/mol. The first-order valence-corrected chi connectivity index (χ1v) is 7.51. The predicted molar refractivity (Wildman–Crippen MR) is 87.0 cm³/mol. The molecular formula is C18H19FN4. The molecule has 0 bridgehead atoms. The van der Waals surface area contributed by atoms with Crippen molar-refractivity contribution in [2.24, 2.45) is 0 Å². The zero-order valence-electron chi connectivity index (χ0n) is 13.5. The van der Waals surface area contributed by atoms with Crippen molar-refractivity contribution in [1.82, 2.24) is 20.2 Å². The largest absolute Gasteiger partial charge is 0.293 e. The number of hydrogen-bond donors (Lipinski definition) is 1. The van der Waals surface area contributed by atoms with Crippen LogP contribution in [0, 0.1) is 17.7 Å². The molecule has 1 atom stereocenters. The molecule has 1 unspecified atom stereocenters. The van der Waals surface area contributed by atoms with Crippen molar-refractivity contribution in [3.05, 3.63) is 59.4 Å². The van der Waals surface area contributed by atoms with E-state index in [0.717, 1.165) is 12.4 Å². The molecule has 5 heteroatoms. The Morgan fingerprint density at radius 3 is 2.52 bits per heavy atom. The molecule has 2 aromatic rings.